The van der Waals surface area contributed by atoms with Gasteiger partial charge in [0.25, 0.3) is 0 Å². The summed E-state index contributed by atoms with van der Waals surface area (Å²) < 4.78 is 16.3. The maximum absolute atomic E-state index is 13.5. The van der Waals surface area contributed by atoms with E-state index in [1.54, 1.807) is 12.3 Å². The van der Waals surface area contributed by atoms with E-state index in [9.17, 15) is 14.0 Å². The van der Waals surface area contributed by atoms with E-state index in [-0.39, 0.29) is 24.7 Å². The van der Waals surface area contributed by atoms with E-state index in [1.165, 1.54) is 20.3 Å². The van der Waals surface area contributed by atoms with Crippen molar-refractivity contribution in [2.24, 2.45) is 0 Å². The number of hydrogen-bond acceptors (Lipinski definition) is 4. The largest absolute Gasteiger partial charge is 0.346 e. The van der Waals surface area contributed by atoms with Crippen molar-refractivity contribution in [1.82, 2.24) is 24.2 Å². The molecule has 1 saturated heterocycles. The van der Waals surface area contributed by atoms with Gasteiger partial charge in [-0.15, -0.1) is 0 Å². The number of fused-ring (bicyclic) bond motifs is 1. The molecule has 0 bridgehead atoms. The molecule has 7 nitrogen and oxygen atoms in total. The van der Waals surface area contributed by atoms with Crippen molar-refractivity contribution in [3.63, 3.8) is 0 Å². The number of rotatable bonds is 3. The average molecular weight is 380 g/mol. The first-order valence-corrected chi connectivity index (χ1v) is 9.11. The van der Waals surface area contributed by atoms with Crippen LogP contribution in [0.2, 0.25) is 5.02 Å². The van der Waals surface area contributed by atoms with Gasteiger partial charge in [0.15, 0.2) is 0 Å². The van der Waals surface area contributed by atoms with Crippen LogP contribution in [0.15, 0.2) is 23.3 Å². The van der Waals surface area contributed by atoms with Crippen LogP contribution in [-0.4, -0.2) is 49.4 Å². The fraction of sp³-hybridized carbons (Fsp3) is 0.529. The zero-order valence-electron chi connectivity index (χ0n) is 14.1. The molecule has 4 rings (SSSR count). The van der Waals surface area contributed by atoms with Crippen LogP contribution in [0.5, 0.6) is 0 Å². The fourth-order valence-electron chi connectivity index (χ4n) is 3.71. The van der Waals surface area contributed by atoms with Crippen molar-refractivity contribution < 1.29 is 9.18 Å². The molecular formula is C17H19ClFN5O2. The van der Waals surface area contributed by atoms with Crippen molar-refractivity contribution in [2.75, 3.05) is 13.1 Å². The van der Waals surface area contributed by atoms with Crippen molar-refractivity contribution >= 4 is 17.5 Å². The van der Waals surface area contributed by atoms with E-state index in [4.69, 9.17) is 11.6 Å². The van der Waals surface area contributed by atoms with Crippen LogP contribution in [-0.2, 0) is 17.8 Å². The second kappa shape index (κ2) is 6.83. The molecule has 0 aromatic carbocycles. The van der Waals surface area contributed by atoms with Gasteiger partial charge in [0, 0.05) is 25.4 Å². The van der Waals surface area contributed by atoms with Crippen molar-refractivity contribution in [3.8, 4) is 0 Å². The van der Waals surface area contributed by atoms with Gasteiger partial charge < -0.3 is 4.90 Å². The second-order valence-electron chi connectivity index (χ2n) is 6.82. The molecule has 0 radical (unpaired) electrons. The van der Waals surface area contributed by atoms with Crippen LogP contribution in [0, 0.1) is 0 Å². The normalized spacial score (nSPS) is 22.5. The first-order valence-electron chi connectivity index (χ1n) is 8.73. The number of aromatic nitrogens is 4. The minimum atomic E-state index is -0.975. The van der Waals surface area contributed by atoms with Crippen molar-refractivity contribution in [1.29, 1.82) is 0 Å². The van der Waals surface area contributed by atoms with Gasteiger partial charge in [-0.05, 0) is 30.9 Å². The Balaban J connectivity index is 1.63. The Hall–Kier alpha value is -2.22. The summed E-state index contributed by atoms with van der Waals surface area (Å²) in [5.74, 6) is 0.419. The Bertz CT molecular complexity index is 896. The molecular weight excluding hydrogens is 361 g/mol. The standard InChI is InChI=1S/C17H19ClFN5O2/c18-12-6-11(7-20-8-12)9-23-17(26)24-14(2-1-3-15(24)21-23)16(25)22-5-4-13(19)10-22/h6-8,13-14H,1-5,9-10H2/t13-,14-/m0/s1. The maximum Gasteiger partial charge on any atom is 0.346 e. The third kappa shape index (κ3) is 3.13. The Labute approximate surface area is 154 Å². The third-order valence-corrected chi connectivity index (χ3v) is 5.16. The Kier molecular flexibility index (Phi) is 4.52. The van der Waals surface area contributed by atoms with Crippen LogP contribution < -0.4 is 5.69 Å². The summed E-state index contributed by atoms with van der Waals surface area (Å²) in [6, 6.07) is 1.14. The number of hydrogen-bond donors (Lipinski definition) is 0. The van der Waals surface area contributed by atoms with Gasteiger partial charge in [-0.3, -0.25) is 14.3 Å². The Morgan fingerprint density at radius 3 is 2.92 bits per heavy atom. The van der Waals surface area contributed by atoms with E-state index in [2.05, 4.69) is 10.1 Å². The first-order chi connectivity index (χ1) is 12.5. The molecule has 26 heavy (non-hydrogen) atoms. The summed E-state index contributed by atoms with van der Waals surface area (Å²) in [5, 5.41) is 4.89. The number of carbonyl (C=O) groups is 1. The predicted molar refractivity (Wildman–Crippen MR) is 92.9 cm³/mol. The van der Waals surface area contributed by atoms with Gasteiger partial charge in [0.1, 0.15) is 18.0 Å². The smallest absolute Gasteiger partial charge is 0.338 e. The number of pyridine rings is 1. The molecule has 1 amide bonds. The number of carbonyl (C=O) groups excluding carboxylic acids is 1. The molecule has 0 unspecified atom stereocenters. The van der Waals surface area contributed by atoms with E-state index in [0.717, 1.165) is 12.0 Å². The Morgan fingerprint density at radius 1 is 1.35 bits per heavy atom. The predicted octanol–water partition coefficient (Wildman–Crippen LogP) is 1.59. The molecule has 2 atom stereocenters. The lowest BCUT2D eigenvalue weighted by Gasteiger charge is -2.26. The monoisotopic (exact) mass is 379 g/mol. The van der Waals surface area contributed by atoms with Gasteiger partial charge >= 0.3 is 5.69 Å². The molecule has 1 fully saturated rings. The molecule has 2 aliphatic heterocycles. The first kappa shape index (κ1) is 17.2. The molecule has 4 heterocycles. The quantitative estimate of drug-likeness (QED) is 0.811. The van der Waals surface area contributed by atoms with Gasteiger partial charge in [-0.2, -0.15) is 5.10 Å². The number of nitrogens with zero attached hydrogens (tertiary/aromatic N) is 5. The van der Waals surface area contributed by atoms with E-state index >= 15 is 0 Å². The lowest BCUT2D eigenvalue weighted by atomic mass is 10.0. The van der Waals surface area contributed by atoms with Crippen LogP contribution in [0.4, 0.5) is 4.39 Å². The summed E-state index contributed by atoms with van der Waals surface area (Å²) in [5.41, 5.74) is 0.437. The van der Waals surface area contributed by atoms with Gasteiger partial charge in [-0.1, -0.05) is 11.6 Å². The van der Waals surface area contributed by atoms with E-state index < -0.39 is 12.2 Å². The van der Waals surface area contributed by atoms with E-state index in [1.807, 2.05) is 0 Å². The minimum Gasteiger partial charge on any atom is -0.338 e. The molecule has 2 aromatic heterocycles. The molecule has 2 aliphatic rings. The molecule has 0 aliphatic carbocycles. The number of likely N-dealkylation sites (tertiary alicyclic amines) is 1. The number of aryl methyl sites for hydroxylation is 1. The van der Waals surface area contributed by atoms with Gasteiger partial charge in [0.05, 0.1) is 18.1 Å². The summed E-state index contributed by atoms with van der Waals surface area (Å²) in [6.45, 7) is 0.758. The summed E-state index contributed by atoms with van der Waals surface area (Å²) >= 11 is 5.94. The summed E-state index contributed by atoms with van der Waals surface area (Å²) in [4.78, 5) is 31.2. The minimum absolute atomic E-state index is 0.113. The SMILES string of the molecule is O=C([C@@H]1CCCc2nn(Cc3cncc(Cl)c3)c(=O)n21)N1CC[C@H](F)C1. The average Bonchev–Trinajstić information content (AvgIpc) is 3.18. The lowest BCUT2D eigenvalue weighted by Crippen LogP contribution is -2.41. The van der Waals surface area contributed by atoms with Crippen molar-refractivity contribution in [3.05, 3.63) is 45.4 Å². The molecule has 0 saturated carbocycles. The van der Waals surface area contributed by atoms with Crippen LogP contribution in [0.1, 0.15) is 36.7 Å². The van der Waals surface area contributed by atoms with Crippen LogP contribution in [0.25, 0.3) is 0 Å². The number of amides is 1. The van der Waals surface area contributed by atoms with Gasteiger partial charge in [-0.25, -0.2) is 13.9 Å². The molecule has 9 heteroatoms. The summed E-state index contributed by atoms with van der Waals surface area (Å²) in [7, 11) is 0. The highest BCUT2D eigenvalue weighted by Crippen LogP contribution is 2.26. The molecule has 138 valence electrons. The topological polar surface area (TPSA) is 73.0 Å². The highest BCUT2D eigenvalue weighted by molar-refractivity contribution is 6.30. The lowest BCUT2D eigenvalue weighted by molar-refractivity contribution is -0.134. The number of alkyl halides is 1. The van der Waals surface area contributed by atoms with E-state index in [0.29, 0.717) is 36.7 Å². The van der Waals surface area contributed by atoms with Gasteiger partial charge in [0.2, 0.25) is 5.91 Å². The fourth-order valence-corrected chi connectivity index (χ4v) is 3.91. The maximum atomic E-state index is 13.5. The zero-order valence-corrected chi connectivity index (χ0v) is 14.9. The highest BCUT2D eigenvalue weighted by Gasteiger charge is 2.36. The Morgan fingerprint density at radius 2 is 2.19 bits per heavy atom. The molecule has 0 N–H and O–H groups in total. The van der Waals surface area contributed by atoms with Crippen LogP contribution >= 0.6 is 11.6 Å². The third-order valence-electron chi connectivity index (χ3n) is 4.95. The second-order valence-corrected chi connectivity index (χ2v) is 7.25. The number of halogens is 2. The van der Waals surface area contributed by atoms with Crippen molar-refractivity contribution in [2.45, 2.75) is 44.4 Å². The highest BCUT2D eigenvalue weighted by atomic mass is 35.5. The molecule has 2 aromatic rings. The summed E-state index contributed by atoms with van der Waals surface area (Å²) in [6.07, 6.45) is 4.53. The van der Waals surface area contributed by atoms with Crippen LogP contribution in [0.3, 0.4) is 0 Å². The zero-order chi connectivity index (χ0) is 18.3. The molecule has 0 spiro atoms.